The SMILES string of the molecule is Clc1ccc2c(ccc3nc(Br)cn32)c1. The molecule has 3 rings (SSSR count). The van der Waals surface area contributed by atoms with Crippen molar-refractivity contribution in [3.63, 3.8) is 0 Å². The largest absolute Gasteiger partial charge is 0.298 e. The van der Waals surface area contributed by atoms with Gasteiger partial charge in [-0.05, 0) is 46.3 Å². The smallest absolute Gasteiger partial charge is 0.138 e. The summed E-state index contributed by atoms with van der Waals surface area (Å²) in [6.45, 7) is 0. The Bertz CT molecular complexity index is 660. The molecule has 2 nitrogen and oxygen atoms in total. The van der Waals surface area contributed by atoms with Crippen molar-refractivity contribution in [1.82, 2.24) is 9.38 Å². The van der Waals surface area contributed by atoms with Crippen LogP contribution in [0.4, 0.5) is 0 Å². The molecule has 15 heavy (non-hydrogen) atoms. The van der Waals surface area contributed by atoms with Gasteiger partial charge in [0.05, 0.1) is 5.52 Å². The lowest BCUT2D eigenvalue weighted by Gasteiger charge is -2.01. The van der Waals surface area contributed by atoms with Gasteiger partial charge in [0.1, 0.15) is 10.3 Å². The van der Waals surface area contributed by atoms with Gasteiger partial charge in [0.15, 0.2) is 0 Å². The first-order valence-electron chi connectivity index (χ1n) is 4.47. The molecule has 0 amide bonds. The normalized spacial score (nSPS) is 11.3. The van der Waals surface area contributed by atoms with Crippen LogP contribution in [0.1, 0.15) is 0 Å². The summed E-state index contributed by atoms with van der Waals surface area (Å²) in [5.74, 6) is 0. The highest BCUT2D eigenvalue weighted by molar-refractivity contribution is 9.10. The van der Waals surface area contributed by atoms with Gasteiger partial charge >= 0.3 is 0 Å². The number of nitrogens with zero attached hydrogens (tertiary/aromatic N) is 2. The fourth-order valence-electron chi connectivity index (χ4n) is 1.72. The van der Waals surface area contributed by atoms with Gasteiger partial charge in [-0.3, -0.25) is 4.40 Å². The molecular formula is C11H6BrClN2. The summed E-state index contributed by atoms with van der Waals surface area (Å²) in [5.41, 5.74) is 2.03. The molecule has 1 aromatic carbocycles. The van der Waals surface area contributed by atoms with Crippen LogP contribution in [0.5, 0.6) is 0 Å². The number of rotatable bonds is 0. The van der Waals surface area contributed by atoms with E-state index in [4.69, 9.17) is 11.6 Å². The molecule has 2 heterocycles. The highest BCUT2D eigenvalue weighted by Gasteiger charge is 2.03. The molecule has 0 aliphatic carbocycles. The molecule has 74 valence electrons. The fourth-order valence-corrected chi connectivity index (χ4v) is 2.28. The van der Waals surface area contributed by atoms with E-state index in [2.05, 4.69) is 20.9 Å². The molecule has 2 aromatic heterocycles. The van der Waals surface area contributed by atoms with E-state index in [1.807, 2.05) is 40.9 Å². The van der Waals surface area contributed by atoms with Crippen molar-refractivity contribution in [2.45, 2.75) is 0 Å². The van der Waals surface area contributed by atoms with Crippen LogP contribution >= 0.6 is 27.5 Å². The topological polar surface area (TPSA) is 17.3 Å². The van der Waals surface area contributed by atoms with Crippen molar-refractivity contribution in [3.8, 4) is 0 Å². The van der Waals surface area contributed by atoms with Gasteiger partial charge in [0.25, 0.3) is 0 Å². The van der Waals surface area contributed by atoms with Gasteiger partial charge in [-0.2, -0.15) is 0 Å². The minimum Gasteiger partial charge on any atom is -0.298 e. The van der Waals surface area contributed by atoms with Crippen molar-refractivity contribution < 1.29 is 0 Å². The number of aromatic nitrogens is 2. The number of hydrogen-bond donors (Lipinski definition) is 0. The second-order valence-electron chi connectivity index (χ2n) is 3.33. The third-order valence-electron chi connectivity index (χ3n) is 2.36. The molecule has 0 saturated heterocycles. The Balaban J connectivity index is 2.53. The number of halogens is 2. The summed E-state index contributed by atoms with van der Waals surface area (Å²) in [4.78, 5) is 4.33. The second kappa shape index (κ2) is 3.22. The predicted molar refractivity (Wildman–Crippen MR) is 65.4 cm³/mol. The maximum Gasteiger partial charge on any atom is 0.138 e. The molecule has 0 aliphatic rings. The Morgan fingerprint density at radius 3 is 2.93 bits per heavy atom. The zero-order chi connectivity index (χ0) is 10.4. The first kappa shape index (κ1) is 9.19. The highest BCUT2D eigenvalue weighted by atomic mass is 79.9. The van der Waals surface area contributed by atoms with Crippen LogP contribution in [0.25, 0.3) is 16.6 Å². The van der Waals surface area contributed by atoms with Crippen LogP contribution in [-0.2, 0) is 0 Å². The van der Waals surface area contributed by atoms with Crippen LogP contribution in [0, 0.1) is 0 Å². The number of fused-ring (bicyclic) bond motifs is 3. The average molecular weight is 282 g/mol. The van der Waals surface area contributed by atoms with E-state index in [1.54, 1.807) is 0 Å². The van der Waals surface area contributed by atoms with E-state index < -0.39 is 0 Å². The number of hydrogen-bond acceptors (Lipinski definition) is 1. The Hall–Kier alpha value is -1.06. The first-order chi connectivity index (χ1) is 7.24. The van der Waals surface area contributed by atoms with Gasteiger partial charge in [-0.1, -0.05) is 11.6 Å². The molecule has 3 aromatic rings. The number of pyridine rings is 1. The molecule has 0 fully saturated rings. The summed E-state index contributed by atoms with van der Waals surface area (Å²) in [6.07, 6.45) is 1.95. The monoisotopic (exact) mass is 280 g/mol. The molecule has 0 saturated carbocycles. The quantitative estimate of drug-likeness (QED) is 0.611. The zero-order valence-electron chi connectivity index (χ0n) is 7.61. The lowest BCUT2D eigenvalue weighted by atomic mass is 10.2. The van der Waals surface area contributed by atoms with E-state index in [-0.39, 0.29) is 0 Å². The molecule has 0 radical (unpaired) electrons. The third-order valence-corrected chi connectivity index (χ3v) is 2.98. The van der Waals surface area contributed by atoms with Crippen LogP contribution in [0.2, 0.25) is 5.02 Å². The molecule has 0 unspecified atom stereocenters. The second-order valence-corrected chi connectivity index (χ2v) is 4.58. The first-order valence-corrected chi connectivity index (χ1v) is 5.64. The van der Waals surface area contributed by atoms with E-state index in [1.165, 1.54) is 0 Å². The maximum absolute atomic E-state index is 5.94. The molecule has 0 atom stereocenters. The van der Waals surface area contributed by atoms with Crippen molar-refractivity contribution >= 4 is 44.1 Å². The number of benzene rings is 1. The summed E-state index contributed by atoms with van der Waals surface area (Å²) in [7, 11) is 0. The molecule has 0 N–H and O–H groups in total. The Kier molecular flexibility index (Phi) is 1.97. The molecule has 0 aliphatic heterocycles. The summed E-state index contributed by atoms with van der Waals surface area (Å²) < 4.78 is 2.88. The lowest BCUT2D eigenvalue weighted by Crippen LogP contribution is -1.85. The molecule has 0 bridgehead atoms. The van der Waals surface area contributed by atoms with E-state index in [9.17, 15) is 0 Å². The Morgan fingerprint density at radius 1 is 1.20 bits per heavy atom. The van der Waals surface area contributed by atoms with Crippen LogP contribution in [-0.4, -0.2) is 9.38 Å². The lowest BCUT2D eigenvalue weighted by molar-refractivity contribution is 1.26. The standard InChI is InChI=1S/C11H6BrClN2/c12-10-6-15-9-3-2-8(13)5-7(9)1-4-11(15)14-10/h1-6H. The minimum atomic E-state index is 0.751. The van der Waals surface area contributed by atoms with Gasteiger partial charge in [0, 0.05) is 16.6 Å². The van der Waals surface area contributed by atoms with Crippen molar-refractivity contribution in [2.75, 3.05) is 0 Å². The van der Waals surface area contributed by atoms with Gasteiger partial charge in [-0.15, -0.1) is 0 Å². The van der Waals surface area contributed by atoms with Crippen LogP contribution in [0.15, 0.2) is 41.1 Å². The maximum atomic E-state index is 5.94. The van der Waals surface area contributed by atoms with E-state index >= 15 is 0 Å². The van der Waals surface area contributed by atoms with Crippen molar-refractivity contribution in [3.05, 3.63) is 46.2 Å². The Labute approximate surface area is 99.6 Å². The van der Waals surface area contributed by atoms with Crippen molar-refractivity contribution in [1.29, 1.82) is 0 Å². The average Bonchev–Trinajstić information content (AvgIpc) is 2.58. The summed E-state index contributed by atoms with van der Waals surface area (Å²) in [6, 6.07) is 9.83. The summed E-state index contributed by atoms with van der Waals surface area (Å²) >= 11 is 9.31. The zero-order valence-corrected chi connectivity index (χ0v) is 9.96. The van der Waals surface area contributed by atoms with Crippen LogP contribution in [0.3, 0.4) is 0 Å². The molecule has 4 heteroatoms. The van der Waals surface area contributed by atoms with E-state index in [0.717, 1.165) is 26.2 Å². The van der Waals surface area contributed by atoms with Gasteiger partial charge < -0.3 is 0 Å². The molecule has 0 spiro atoms. The van der Waals surface area contributed by atoms with Crippen molar-refractivity contribution in [2.24, 2.45) is 0 Å². The Morgan fingerprint density at radius 2 is 2.07 bits per heavy atom. The van der Waals surface area contributed by atoms with Crippen LogP contribution < -0.4 is 0 Å². The third kappa shape index (κ3) is 1.43. The number of imidazole rings is 1. The van der Waals surface area contributed by atoms with Gasteiger partial charge in [-0.25, -0.2) is 4.98 Å². The van der Waals surface area contributed by atoms with Gasteiger partial charge in [0.2, 0.25) is 0 Å². The highest BCUT2D eigenvalue weighted by Crippen LogP contribution is 2.22. The fraction of sp³-hybridized carbons (Fsp3) is 0. The minimum absolute atomic E-state index is 0.751. The van der Waals surface area contributed by atoms with E-state index in [0.29, 0.717) is 0 Å². The molecular weight excluding hydrogens is 275 g/mol. The predicted octanol–water partition coefficient (Wildman–Crippen LogP) is 3.90. The summed E-state index contributed by atoms with van der Waals surface area (Å²) in [5, 5.41) is 1.86.